The van der Waals surface area contributed by atoms with Gasteiger partial charge in [-0.3, -0.25) is 0 Å². The van der Waals surface area contributed by atoms with Crippen molar-refractivity contribution in [2.24, 2.45) is 0 Å². The molecule has 1 radical (unpaired) electrons. The molecule has 0 bridgehead atoms. The van der Waals surface area contributed by atoms with Crippen molar-refractivity contribution in [1.82, 2.24) is 5.32 Å². The minimum atomic E-state index is -0.236. The summed E-state index contributed by atoms with van der Waals surface area (Å²) in [5.41, 5.74) is 1.66. The van der Waals surface area contributed by atoms with Crippen LogP contribution in [0.15, 0.2) is 30.3 Å². The van der Waals surface area contributed by atoms with E-state index in [2.05, 4.69) is 10.6 Å². The second-order valence-electron chi connectivity index (χ2n) is 5.13. The number of benzene rings is 1. The van der Waals surface area contributed by atoms with Gasteiger partial charge in [0.1, 0.15) is 6.61 Å². The Morgan fingerprint density at radius 1 is 1.25 bits per heavy atom. The Morgan fingerprint density at radius 3 is 2.80 bits per heavy atom. The third-order valence-corrected chi connectivity index (χ3v) is 3.49. The van der Waals surface area contributed by atoms with Gasteiger partial charge in [0.05, 0.1) is 0 Å². The summed E-state index contributed by atoms with van der Waals surface area (Å²) in [4.78, 5) is 11.9. The van der Waals surface area contributed by atoms with Crippen LogP contribution < -0.4 is 10.6 Å². The normalized spacial score (nSPS) is 16.2. The Labute approximate surface area is 119 Å². The van der Waals surface area contributed by atoms with E-state index in [-0.39, 0.29) is 12.6 Å². The van der Waals surface area contributed by atoms with Crippen LogP contribution in [0.25, 0.3) is 6.08 Å². The molecule has 1 aromatic rings. The van der Waals surface area contributed by atoms with Gasteiger partial charge in [0.2, 0.25) is 0 Å². The standard InChI is InChI=1S/C16H21N2O2/c19-11-5-7-13-6-4-10-15(12-13)18-16(20)17-14-8-2-1-3-9-14/h4-7,10,12,14H,1-3,8-9,11H2,(H2,17,18,20)/b7-5+. The lowest BCUT2D eigenvalue weighted by atomic mass is 9.96. The van der Waals surface area contributed by atoms with E-state index >= 15 is 0 Å². The van der Waals surface area contributed by atoms with Crippen LogP contribution >= 0.6 is 0 Å². The zero-order valence-electron chi connectivity index (χ0n) is 11.6. The Morgan fingerprint density at radius 2 is 2.05 bits per heavy atom. The van der Waals surface area contributed by atoms with Gasteiger partial charge < -0.3 is 10.6 Å². The predicted molar refractivity (Wildman–Crippen MR) is 80.1 cm³/mol. The number of amides is 2. The van der Waals surface area contributed by atoms with Gasteiger partial charge in [0.25, 0.3) is 0 Å². The molecule has 1 aromatic carbocycles. The molecule has 0 saturated heterocycles. The lowest BCUT2D eigenvalue weighted by Gasteiger charge is -2.22. The van der Waals surface area contributed by atoms with Gasteiger partial charge in [-0.15, -0.1) is 0 Å². The van der Waals surface area contributed by atoms with Crippen LogP contribution in [-0.2, 0) is 5.11 Å². The summed E-state index contributed by atoms with van der Waals surface area (Å²) < 4.78 is 0. The van der Waals surface area contributed by atoms with Gasteiger partial charge in [0, 0.05) is 11.7 Å². The number of carbonyl (C=O) groups excluding carboxylic acids is 1. The molecule has 0 spiro atoms. The van der Waals surface area contributed by atoms with E-state index in [9.17, 15) is 9.90 Å². The highest BCUT2D eigenvalue weighted by atomic mass is 16.2. The summed E-state index contributed by atoms with van der Waals surface area (Å²) >= 11 is 0. The van der Waals surface area contributed by atoms with Gasteiger partial charge in [-0.25, -0.2) is 9.90 Å². The first-order valence-electron chi connectivity index (χ1n) is 7.20. The molecule has 20 heavy (non-hydrogen) atoms. The lowest BCUT2D eigenvalue weighted by Crippen LogP contribution is -2.39. The minimum absolute atomic E-state index is 0.151. The minimum Gasteiger partial charge on any atom is -0.335 e. The van der Waals surface area contributed by atoms with Crippen molar-refractivity contribution in [3.8, 4) is 0 Å². The SMILES string of the molecule is [O]C/C=C/c1cccc(NC(=O)NC2CCCCC2)c1. The molecular weight excluding hydrogens is 252 g/mol. The van der Waals surface area contributed by atoms with Crippen LogP contribution in [0.2, 0.25) is 0 Å². The fourth-order valence-corrected chi connectivity index (χ4v) is 2.50. The van der Waals surface area contributed by atoms with Crippen LogP contribution in [0, 0.1) is 0 Å². The quantitative estimate of drug-likeness (QED) is 0.865. The first kappa shape index (κ1) is 14.6. The van der Waals surface area contributed by atoms with Crippen molar-refractivity contribution in [1.29, 1.82) is 0 Å². The number of nitrogens with one attached hydrogen (secondary N) is 2. The molecule has 107 valence electrons. The molecule has 2 amide bonds. The highest BCUT2D eigenvalue weighted by molar-refractivity contribution is 5.89. The summed E-state index contributed by atoms with van der Waals surface area (Å²) in [7, 11) is 0. The molecule has 1 fully saturated rings. The summed E-state index contributed by atoms with van der Waals surface area (Å²) in [5, 5.41) is 16.3. The Kier molecular flexibility index (Phi) is 5.62. The highest BCUT2D eigenvalue weighted by Gasteiger charge is 2.15. The predicted octanol–water partition coefficient (Wildman–Crippen LogP) is 3.58. The molecule has 4 heteroatoms. The molecule has 0 aliphatic heterocycles. The van der Waals surface area contributed by atoms with Crippen LogP contribution in [0.5, 0.6) is 0 Å². The third-order valence-electron chi connectivity index (χ3n) is 3.49. The summed E-state index contributed by atoms with van der Waals surface area (Å²) in [5.74, 6) is 0. The van der Waals surface area contributed by atoms with Gasteiger partial charge in [-0.05, 0) is 30.5 Å². The van der Waals surface area contributed by atoms with E-state index in [1.165, 1.54) is 19.3 Å². The summed E-state index contributed by atoms with van der Waals surface area (Å²) in [6, 6.07) is 7.60. The van der Waals surface area contributed by atoms with Crippen molar-refractivity contribution >= 4 is 17.8 Å². The van der Waals surface area contributed by atoms with E-state index < -0.39 is 0 Å². The second kappa shape index (κ2) is 7.70. The molecule has 2 rings (SSSR count). The molecule has 2 N–H and O–H groups in total. The van der Waals surface area contributed by atoms with Gasteiger partial charge in [0.15, 0.2) is 0 Å². The topological polar surface area (TPSA) is 61.0 Å². The maximum atomic E-state index is 11.9. The van der Waals surface area contributed by atoms with E-state index in [0.29, 0.717) is 6.04 Å². The Balaban J connectivity index is 1.88. The molecule has 4 nitrogen and oxygen atoms in total. The molecule has 1 aliphatic carbocycles. The van der Waals surface area contributed by atoms with Crippen molar-refractivity contribution in [2.75, 3.05) is 11.9 Å². The van der Waals surface area contributed by atoms with E-state index in [0.717, 1.165) is 24.1 Å². The molecule has 1 aliphatic rings. The van der Waals surface area contributed by atoms with Gasteiger partial charge in [-0.1, -0.05) is 43.5 Å². The van der Waals surface area contributed by atoms with Crippen LogP contribution in [0.1, 0.15) is 37.7 Å². The van der Waals surface area contributed by atoms with E-state index in [4.69, 9.17) is 0 Å². The molecular formula is C16H21N2O2. The number of anilines is 1. The van der Waals surface area contributed by atoms with Crippen molar-refractivity contribution < 1.29 is 9.90 Å². The fourth-order valence-electron chi connectivity index (χ4n) is 2.50. The van der Waals surface area contributed by atoms with Crippen molar-refractivity contribution in [3.05, 3.63) is 35.9 Å². The first-order valence-corrected chi connectivity index (χ1v) is 7.20. The molecule has 1 saturated carbocycles. The monoisotopic (exact) mass is 273 g/mol. The maximum absolute atomic E-state index is 11.9. The molecule has 0 aromatic heterocycles. The average Bonchev–Trinajstić information content (AvgIpc) is 2.46. The van der Waals surface area contributed by atoms with Crippen LogP contribution in [0.3, 0.4) is 0 Å². The first-order chi connectivity index (χ1) is 9.78. The number of hydrogen-bond acceptors (Lipinski definition) is 1. The van der Waals surface area contributed by atoms with E-state index in [1.54, 1.807) is 12.2 Å². The maximum Gasteiger partial charge on any atom is 0.319 e. The smallest absolute Gasteiger partial charge is 0.319 e. The second-order valence-corrected chi connectivity index (χ2v) is 5.13. The number of carbonyl (C=O) groups is 1. The summed E-state index contributed by atoms with van der Waals surface area (Å²) in [6.45, 7) is -0.236. The lowest BCUT2D eigenvalue weighted by molar-refractivity contribution is 0.233. The van der Waals surface area contributed by atoms with Crippen molar-refractivity contribution in [2.45, 2.75) is 38.1 Å². The van der Waals surface area contributed by atoms with Crippen LogP contribution in [-0.4, -0.2) is 18.7 Å². The zero-order valence-corrected chi connectivity index (χ0v) is 11.6. The summed E-state index contributed by atoms with van der Waals surface area (Å²) in [6.07, 6.45) is 9.12. The largest absolute Gasteiger partial charge is 0.335 e. The van der Waals surface area contributed by atoms with Crippen molar-refractivity contribution in [3.63, 3.8) is 0 Å². The van der Waals surface area contributed by atoms with E-state index in [1.807, 2.05) is 24.3 Å². The Hall–Kier alpha value is -1.81. The number of hydrogen-bond donors (Lipinski definition) is 2. The highest BCUT2D eigenvalue weighted by Crippen LogP contribution is 2.18. The molecule has 0 atom stereocenters. The van der Waals surface area contributed by atoms with Crippen LogP contribution in [0.4, 0.5) is 10.5 Å². The third kappa shape index (κ3) is 4.70. The fraction of sp³-hybridized carbons (Fsp3) is 0.438. The van der Waals surface area contributed by atoms with Gasteiger partial charge in [-0.2, -0.15) is 0 Å². The average molecular weight is 273 g/mol. The zero-order chi connectivity index (χ0) is 14.2. The van der Waals surface area contributed by atoms with Gasteiger partial charge >= 0.3 is 6.03 Å². The number of urea groups is 1. The number of rotatable bonds is 4. The molecule has 0 heterocycles. The Bertz CT molecular complexity index is 465. The molecule has 0 unspecified atom stereocenters.